The van der Waals surface area contributed by atoms with Gasteiger partial charge in [-0.15, -0.1) is 0 Å². The molecule has 21 heavy (non-hydrogen) atoms. The molecule has 1 aromatic rings. The Balaban J connectivity index is 2.65. The highest BCUT2D eigenvalue weighted by Crippen LogP contribution is 2.03. The number of nitrogens with zero attached hydrogens (tertiary/aromatic N) is 1. The third-order valence-electron chi connectivity index (χ3n) is 2.82. The van der Waals surface area contributed by atoms with Gasteiger partial charge in [-0.2, -0.15) is 0 Å². The average Bonchev–Trinajstić information content (AvgIpc) is 2.45. The van der Waals surface area contributed by atoms with Crippen molar-refractivity contribution in [1.29, 1.82) is 0 Å². The van der Waals surface area contributed by atoms with E-state index in [2.05, 4.69) is 0 Å². The number of carboxylic acid groups (broad SMARTS) is 1. The van der Waals surface area contributed by atoms with Gasteiger partial charge in [-0.25, -0.2) is 4.79 Å². The van der Waals surface area contributed by atoms with E-state index in [-0.39, 0.29) is 13.0 Å². The highest BCUT2D eigenvalue weighted by Gasteiger charge is 2.12. The van der Waals surface area contributed by atoms with E-state index >= 15 is 0 Å². The zero-order valence-corrected chi connectivity index (χ0v) is 11.6. The molecule has 0 heterocycles. The molecule has 0 saturated heterocycles. The van der Waals surface area contributed by atoms with Crippen LogP contribution in [0.1, 0.15) is 12.0 Å². The van der Waals surface area contributed by atoms with Crippen LogP contribution in [0, 0.1) is 0 Å². The lowest BCUT2D eigenvalue weighted by atomic mass is 10.1. The number of amides is 2. The quantitative estimate of drug-likeness (QED) is 0.684. The number of nitrogens with two attached hydrogens (primary N) is 1. The fourth-order valence-corrected chi connectivity index (χ4v) is 1.73. The Labute approximate surface area is 122 Å². The molecule has 3 N–H and O–H groups in total. The molecule has 112 valence electrons. The van der Waals surface area contributed by atoms with Crippen molar-refractivity contribution in [2.24, 2.45) is 5.73 Å². The van der Waals surface area contributed by atoms with Gasteiger partial charge in [-0.3, -0.25) is 9.59 Å². The Bertz CT molecular complexity index is 526. The zero-order valence-electron chi connectivity index (χ0n) is 11.6. The molecule has 1 aromatic carbocycles. The summed E-state index contributed by atoms with van der Waals surface area (Å²) in [5, 5.41) is 8.54. The van der Waals surface area contributed by atoms with Gasteiger partial charge in [0.25, 0.3) is 0 Å². The lowest BCUT2D eigenvalue weighted by molar-refractivity contribution is -0.132. The number of rotatable bonds is 8. The van der Waals surface area contributed by atoms with Crippen LogP contribution >= 0.6 is 0 Å². The maximum absolute atomic E-state index is 11.9. The SMILES string of the molecule is NC(=O)CCN(CCc1ccccc1)C(=O)/C=C/C(=O)O. The van der Waals surface area contributed by atoms with Crippen LogP contribution in [0.5, 0.6) is 0 Å². The van der Waals surface area contributed by atoms with Crippen LogP contribution in [-0.2, 0) is 20.8 Å². The first-order chi connectivity index (χ1) is 9.99. The molecule has 0 aliphatic heterocycles. The van der Waals surface area contributed by atoms with E-state index in [1.165, 1.54) is 4.90 Å². The summed E-state index contributed by atoms with van der Waals surface area (Å²) in [6.45, 7) is 0.561. The van der Waals surface area contributed by atoms with Gasteiger partial charge in [0, 0.05) is 31.7 Å². The molecule has 0 atom stereocenters. The van der Waals surface area contributed by atoms with Crippen LogP contribution in [0.3, 0.4) is 0 Å². The van der Waals surface area contributed by atoms with Crippen molar-refractivity contribution >= 4 is 17.8 Å². The molecule has 0 saturated carbocycles. The Morgan fingerprint density at radius 2 is 1.76 bits per heavy atom. The van der Waals surface area contributed by atoms with Gasteiger partial charge in [-0.05, 0) is 12.0 Å². The summed E-state index contributed by atoms with van der Waals surface area (Å²) in [6.07, 6.45) is 2.42. The number of benzene rings is 1. The summed E-state index contributed by atoms with van der Waals surface area (Å²) in [5.74, 6) is -2.15. The predicted octanol–water partition coefficient (Wildman–Crippen LogP) is 0.574. The van der Waals surface area contributed by atoms with Crippen molar-refractivity contribution < 1.29 is 19.5 Å². The van der Waals surface area contributed by atoms with Crippen molar-refractivity contribution in [3.63, 3.8) is 0 Å². The van der Waals surface area contributed by atoms with Gasteiger partial charge in [-0.1, -0.05) is 30.3 Å². The van der Waals surface area contributed by atoms with Crippen molar-refractivity contribution in [3.8, 4) is 0 Å². The fourth-order valence-electron chi connectivity index (χ4n) is 1.73. The summed E-state index contributed by atoms with van der Waals surface area (Å²) in [7, 11) is 0. The molecule has 0 aliphatic rings. The maximum atomic E-state index is 11.9. The summed E-state index contributed by atoms with van der Waals surface area (Å²) in [6, 6.07) is 9.56. The summed E-state index contributed by atoms with van der Waals surface area (Å²) >= 11 is 0. The van der Waals surface area contributed by atoms with Crippen molar-refractivity contribution in [3.05, 3.63) is 48.0 Å². The minimum atomic E-state index is -1.19. The normalized spacial score (nSPS) is 10.5. The monoisotopic (exact) mass is 290 g/mol. The molecule has 0 fully saturated rings. The molecule has 0 unspecified atom stereocenters. The number of primary amides is 1. The Morgan fingerprint density at radius 1 is 1.10 bits per heavy atom. The highest BCUT2D eigenvalue weighted by molar-refractivity contribution is 5.94. The van der Waals surface area contributed by atoms with E-state index in [1.54, 1.807) is 0 Å². The summed E-state index contributed by atoms with van der Waals surface area (Å²) in [5.41, 5.74) is 6.13. The number of carbonyl (C=O) groups excluding carboxylic acids is 2. The first-order valence-electron chi connectivity index (χ1n) is 6.51. The van der Waals surface area contributed by atoms with Crippen LogP contribution in [0.15, 0.2) is 42.5 Å². The Hall–Kier alpha value is -2.63. The van der Waals surface area contributed by atoms with Crippen molar-refractivity contribution in [2.45, 2.75) is 12.8 Å². The Morgan fingerprint density at radius 3 is 2.33 bits per heavy atom. The molecule has 6 nitrogen and oxygen atoms in total. The highest BCUT2D eigenvalue weighted by atomic mass is 16.4. The van der Waals surface area contributed by atoms with E-state index in [4.69, 9.17) is 10.8 Å². The first kappa shape index (κ1) is 16.4. The number of hydrogen-bond acceptors (Lipinski definition) is 3. The third-order valence-corrected chi connectivity index (χ3v) is 2.82. The fraction of sp³-hybridized carbons (Fsp3) is 0.267. The number of carbonyl (C=O) groups is 3. The van der Waals surface area contributed by atoms with E-state index in [0.717, 1.165) is 17.7 Å². The van der Waals surface area contributed by atoms with E-state index in [1.807, 2.05) is 30.3 Å². The molecule has 0 aliphatic carbocycles. The molecular formula is C15H18N2O4. The number of carboxylic acids is 1. The van der Waals surface area contributed by atoms with Gasteiger partial charge in [0.1, 0.15) is 0 Å². The third kappa shape index (κ3) is 6.91. The van der Waals surface area contributed by atoms with Crippen molar-refractivity contribution in [2.75, 3.05) is 13.1 Å². The second-order valence-electron chi connectivity index (χ2n) is 4.45. The minimum Gasteiger partial charge on any atom is -0.478 e. The van der Waals surface area contributed by atoms with Gasteiger partial charge in [0.2, 0.25) is 11.8 Å². The second kappa shape index (κ2) is 8.52. The van der Waals surface area contributed by atoms with Crippen LogP contribution < -0.4 is 5.73 Å². The molecule has 1 rings (SSSR count). The van der Waals surface area contributed by atoms with Gasteiger partial charge in [0.15, 0.2) is 0 Å². The first-order valence-corrected chi connectivity index (χ1v) is 6.51. The molecule has 0 spiro atoms. The summed E-state index contributed by atoms with van der Waals surface area (Å²) < 4.78 is 0. The molecule has 0 aromatic heterocycles. The van der Waals surface area contributed by atoms with E-state index in [0.29, 0.717) is 13.0 Å². The predicted molar refractivity (Wildman–Crippen MR) is 77.3 cm³/mol. The van der Waals surface area contributed by atoms with E-state index < -0.39 is 17.8 Å². The van der Waals surface area contributed by atoms with Crippen molar-refractivity contribution in [1.82, 2.24) is 4.90 Å². The van der Waals surface area contributed by atoms with Gasteiger partial charge < -0.3 is 15.7 Å². The lowest BCUT2D eigenvalue weighted by Gasteiger charge is -2.20. The van der Waals surface area contributed by atoms with Gasteiger partial charge in [0.05, 0.1) is 0 Å². The van der Waals surface area contributed by atoms with Gasteiger partial charge >= 0.3 is 5.97 Å². The van der Waals surface area contributed by atoms with Crippen LogP contribution in [0.25, 0.3) is 0 Å². The smallest absolute Gasteiger partial charge is 0.328 e. The van der Waals surface area contributed by atoms with Crippen LogP contribution in [-0.4, -0.2) is 40.9 Å². The number of aliphatic carboxylic acids is 1. The number of hydrogen-bond donors (Lipinski definition) is 2. The van der Waals surface area contributed by atoms with Crippen LogP contribution in [0.4, 0.5) is 0 Å². The lowest BCUT2D eigenvalue weighted by Crippen LogP contribution is -2.34. The average molecular weight is 290 g/mol. The summed E-state index contributed by atoms with van der Waals surface area (Å²) in [4.78, 5) is 34.6. The molecule has 0 radical (unpaired) electrons. The maximum Gasteiger partial charge on any atom is 0.328 e. The Kier molecular flexibility index (Phi) is 6.67. The standard InChI is InChI=1S/C15H18N2O4/c16-13(18)9-11-17(14(19)6-7-15(20)21)10-8-12-4-2-1-3-5-12/h1-7H,8-11H2,(H2,16,18)(H,20,21)/b7-6+. The minimum absolute atomic E-state index is 0.0431. The second-order valence-corrected chi connectivity index (χ2v) is 4.45. The van der Waals surface area contributed by atoms with Crippen LogP contribution in [0.2, 0.25) is 0 Å². The zero-order chi connectivity index (χ0) is 15.7. The molecule has 6 heteroatoms. The van der Waals surface area contributed by atoms with E-state index in [9.17, 15) is 14.4 Å². The largest absolute Gasteiger partial charge is 0.478 e. The molecule has 2 amide bonds. The molecular weight excluding hydrogens is 272 g/mol. The topological polar surface area (TPSA) is 101 Å². The molecule has 0 bridgehead atoms.